The van der Waals surface area contributed by atoms with Gasteiger partial charge in [-0.1, -0.05) is 18.1 Å². The minimum absolute atomic E-state index is 0.0391. The lowest BCUT2D eigenvalue weighted by Crippen LogP contribution is -2.49. The Bertz CT molecular complexity index is 1300. The van der Waals surface area contributed by atoms with Crippen molar-refractivity contribution in [1.29, 1.82) is 0 Å². The first-order valence-corrected chi connectivity index (χ1v) is 12.7. The van der Waals surface area contributed by atoms with Crippen molar-refractivity contribution in [3.63, 3.8) is 0 Å². The average molecular weight is 524 g/mol. The number of aryl methyl sites for hydroxylation is 2. The molecule has 0 unspecified atom stereocenters. The Morgan fingerprint density at radius 1 is 1.11 bits per heavy atom. The van der Waals surface area contributed by atoms with Gasteiger partial charge in [-0.2, -0.15) is 4.98 Å². The molecule has 0 saturated carbocycles. The quantitative estimate of drug-likeness (QED) is 0.370. The van der Waals surface area contributed by atoms with Gasteiger partial charge < -0.3 is 20.1 Å². The van der Waals surface area contributed by atoms with Crippen LogP contribution in [0.15, 0.2) is 40.9 Å². The number of nitrogens with one attached hydrogen (secondary N) is 2. The Hall–Kier alpha value is -3.83. The van der Waals surface area contributed by atoms with E-state index in [1.54, 1.807) is 24.9 Å². The van der Waals surface area contributed by atoms with E-state index in [0.717, 1.165) is 34.5 Å². The third-order valence-corrected chi connectivity index (χ3v) is 6.58. The van der Waals surface area contributed by atoms with Gasteiger partial charge in [-0.05, 0) is 67.4 Å². The average Bonchev–Trinajstić information content (AvgIpc) is 3.52. The molecule has 1 aliphatic rings. The van der Waals surface area contributed by atoms with Crippen LogP contribution in [0, 0.1) is 19.7 Å². The maximum absolute atomic E-state index is 13.6. The number of hydrogen-bond acceptors (Lipinski definition) is 8. The number of aromatic nitrogens is 2. The molecule has 3 aromatic rings. The van der Waals surface area contributed by atoms with Crippen molar-refractivity contribution in [2.24, 2.45) is 0 Å². The first-order chi connectivity index (χ1) is 18.2. The van der Waals surface area contributed by atoms with Gasteiger partial charge in [0.1, 0.15) is 12.4 Å². The van der Waals surface area contributed by atoms with Crippen LogP contribution in [0.25, 0.3) is 11.5 Å². The summed E-state index contributed by atoms with van der Waals surface area (Å²) in [7, 11) is 1.69. The highest BCUT2D eigenvalue weighted by molar-refractivity contribution is 5.87. The summed E-state index contributed by atoms with van der Waals surface area (Å²) < 4.78 is 18.8. The van der Waals surface area contributed by atoms with E-state index < -0.39 is 0 Å². The van der Waals surface area contributed by atoms with Crippen LogP contribution in [-0.4, -0.2) is 76.6 Å². The summed E-state index contributed by atoms with van der Waals surface area (Å²) in [6.45, 7) is 8.36. The van der Waals surface area contributed by atoms with E-state index in [2.05, 4.69) is 20.8 Å². The molecule has 2 heterocycles. The molecule has 0 aliphatic carbocycles. The summed E-state index contributed by atoms with van der Waals surface area (Å²) in [6.07, 6.45) is 0. The first-order valence-electron chi connectivity index (χ1n) is 12.7. The molecule has 0 bridgehead atoms. The van der Waals surface area contributed by atoms with Gasteiger partial charge in [-0.15, -0.1) is 0 Å². The maximum atomic E-state index is 13.6. The molecule has 1 aliphatic heterocycles. The molecule has 0 atom stereocenters. The Balaban J connectivity index is 1.37. The normalized spacial score (nSPS) is 12.9. The van der Waals surface area contributed by atoms with Gasteiger partial charge in [0.15, 0.2) is 5.82 Å². The van der Waals surface area contributed by atoms with Crippen LogP contribution in [0.4, 0.5) is 10.1 Å². The van der Waals surface area contributed by atoms with Crippen molar-refractivity contribution >= 4 is 17.5 Å². The molecule has 38 heavy (non-hydrogen) atoms. The number of halogens is 1. The van der Waals surface area contributed by atoms with E-state index in [1.165, 1.54) is 17.1 Å². The van der Waals surface area contributed by atoms with Crippen molar-refractivity contribution < 1.29 is 18.5 Å². The molecule has 4 rings (SSSR count). The van der Waals surface area contributed by atoms with Gasteiger partial charge in [0.25, 0.3) is 11.8 Å². The van der Waals surface area contributed by atoms with E-state index in [-0.39, 0.29) is 30.7 Å². The zero-order valence-corrected chi connectivity index (χ0v) is 22.3. The monoisotopic (exact) mass is 523 g/mol. The summed E-state index contributed by atoms with van der Waals surface area (Å²) >= 11 is 0. The fourth-order valence-electron chi connectivity index (χ4n) is 4.36. The third kappa shape index (κ3) is 6.53. The molecule has 2 amide bonds. The molecule has 1 aromatic heterocycles. The molecule has 10 nitrogen and oxygen atoms in total. The standard InChI is InChI=1S/C27H34FN7O3/c1-5-29-10-11-34(17-26(37)33(4)35-15-21-6-8-23(28)13-22(21)16-35)25(36)14-30-24-9-7-20(12-18(24)2)27-31-19(3)32-38-27/h6-9,12-13,29-30H,5,10-11,14-17H2,1-4H3. The second kappa shape index (κ2) is 12.1. The number of likely N-dealkylation sites (N-methyl/N-ethyl adjacent to an activating group) is 2. The molecule has 0 saturated heterocycles. The lowest BCUT2D eigenvalue weighted by atomic mass is 10.1. The highest BCUT2D eigenvalue weighted by atomic mass is 19.1. The zero-order valence-electron chi connectivity index (χ0n) is 22.3. The third-order valence-electron chi connectivity index (χ3n) is 6.58. The van der Waals surface area contributed by atoms with Gasteiger partial charge in [-0.25, -0.2) is 9.40 Å². The number of nitrogens with zero attached hydrogens (tertiary/aromatic N) is 5. The van der Waals surface area contributed by atoms with Crippen LogP contribution < -0.4 is 10.6 Å². The molecule has 0 spiro atoms. The Morgan fingerprint density at radius 3 is 2.61 bits per heavy atom. The van der Waals surface area contributed by atoms with Crippen molar-refractivity contribution in [2.45, 2.75) is 33.9 Å². The Kier molecular flexibility index (Phi) is 8.70. The highest BCUT2D eigenvalue weighted by Crippen LogP contribution is 2.25. The van der Waals surface area contributed by atoms with Gasteiger partial charge in [0, 0.05) is 44.5 Å². The summed E-state index contributed by atoms with van der Waals surface area (Å²) in [4.78, 5) is 32.1. The molecule has 11 heteroatoms. The van der Waals surface area contributed by atoms with E-state index >= 15 is 0 Å². The molecule has 0 fully saturated rings. The van der Waals surface area contributed by atoms with Crippen LogP contribution in [0.3, 0.4) is 0 Å². The lowest BCUT2D eigenvalue weighted by Gasteiger charge is -2.31. The fraction of sp³-hybridized carbons (Fsp3) is 0.407. The minimum atomic E-state index is -0.290. The van der Waals surface area contributed by atoms with Gasteiger partial charge in [0.2, 0.25) is 5.91 Å². The second-order valence-corrected chi connectivity index (χ2v) is 9.35. The van der Waals surface area contributed by atoms with Gasteiger partial charge in [-0.3, -0.25) is 14.6 Å². The Morgan fingerprint density at radius 2 is 1.89 bits per heavy atom. The second-order valence-electron chi connectivity index (χ2n) is 9.35. The predicted octanol–water partition coefficient (Wildman–Crippen LogP) is 2.73. The lowest BCUT2D eigenvalue weighted by molar-refractivity contribution is -0.151. The smallest absolute Gasteiger partial charge is 0.257 e. The van der Waals surface area contributed by atoms with E-state index in [1.807, 2.05) is 37.1 Å². The maximum Gasteiger partial charge on any atom is 0.257 e. The van der Waals surface area contributed by atoms with E-state index in [0.29, 0.717) is 37.9 Å². The first kappa shape index (κ1) is 27.2. The van der Waals surface area contributed by atoms with Crippen molar-refractivity contribution in [3.05, 3.63) is 64.7 Å². The highest BCUT2D eigenvalue weighted by Gasteiger charge is 2.27. The van der Waals surface area contributed by atoms with Crippen LogP contribution in [0.2, 0.25) is 0 Å². The summed E-state index contributed by atoms with van der Waals surface area (Å²) in [6, 6.07) is 10.3. The van der Waals surface area contributed by atoms with Crippen LogP contribution >= 0.6 is 0 Å². The number of carbonyl (C=O) groups excluding carboxylic acids is 2. The number of anilines is 1. The molecule has 202 valence electrons. The molecular weight excluding hydrogens is 489 g/mol. The van der Waals surface area contributed by atoms with Crippen molar-refractivity contribution in [2.75, 3.05) is 45.1 Å². The number of hydrogen-bond donors (Lipinski definition) is 2. The van der Waals surface area contributed by atoms with Crippen molar-refractivity contribution in [1.82, 2.24) is 30.4 Å². The number of carbonyl (C=O) groups is 2. The summed E-state index contributed by atoms with van der Waals surface area (Å²) in [5, 5.41) is 13.6. The number of rotatable bonds is 11. The summed E-state index contributed by atoms with van der Waals surface area (Å²) in [5.41, 5.74) is 4.38. The van der Waals surface area contributed by atoms with Crippen molar-refractivity contribution in [3.8, 4) is 11.5 Å². The van der Waals surface area contributed by atoms with Crippen LogP contribution in [-0.2, 0) is 22.7 Å². The van der Waals surface area contributed by atoms with Crippen LogP contribution in [0.5, 0.6) is 0 Å². The van der Waals surface area contributed by atoms with E-state index in [4.69, 9.17) is 4.52 Å². The molecule has 2 N–H and O–H groups in total. The van der Waals surface area contributed by atoms with Gasteiger partial charge in [0.05, 0.1) is 6.54 Å². The number of benzene rings is 2. The SMILES string of the molecule is CCNCCN(CC(=O)N(C)N1Cc2ccc(F)cc2C1)C(=O)CNc1ccc(-c2nc(C)no2)cc1C. The minimum Gasteiger partial charge on any atom is -0.376 e. The fourth-order valence-corrected chi connectivity index (χ4v) is 4.36. The number of hydrazine groups is 1. The van der Waals surface area contributed by atoms with E-state index in [9.17, 15) is 14.0 Å². The molecule has 2 aromatic carbocycles. The topological polar surface area (TPSA) is 107 Å². The number of amides is 2. The Labute approximate surface area is 221 Å². The van der Waals surface area contributed by atoms with Gasteiger partial charge >= 0.3 is 0 Å². The van der Waals surface area contributed by atoms with Crippen LogP contribution in [0.1, 0.15) is 29.4 Å². The summed E-state index contributed by atoms with van der Waals surface area (Å²) in [5.74, 6) is 0.316. The predicted molar refractivity (Wildman–Crippen MR) is 141 cm³/mol. The number of fused-ring (bicyclic) bond motifs is 1. The zero-order chi connectivity index (χ0) is 27.2. The largest absolute Gasteiger partial charge is 0.376 e. The molecule has 0 radical (unpaired) electrons. The molecular formula is C27H34FN7O3.